The number of hydrogen-bond donors (Lipinski definition) is 1. The van der Waals surface area contributed by atoms with Gasteiger partial charge >= 0.3 is 0 Å². The van der Waals surface area contributed by atoms with Crippen LogP contribution in [0.15, 0.2) is 64.2 Å². The highest BCUT2D eigenvalue weighted by Crippen LogP contribution is 2.19. The maximum absolute atomic E-state index is 12.4. The molecule has 0 spiro atoms. The van der Waals surface area contributed by atoms with Crippen LogP contribution in [0.3, 0.4) is 0 Å². The number of hydrazone groups is 1. The van der Waals surface area contributed by atoms with Gasteiger partial charge in [-0.2, -0.15) is 10.1 Å². The Labute approximate surface area is 177 Å². The van der Waals surface area contributed by atoms with Gasteiger partial charge in [-0.1, -0.05) is 47.6 Å². The van der Waals surface area contributed by atoms with Gasteiger partial charge in [0, 0.05) is 29.7 Å². The van der Waals surface area contributed by atoms with Crippen LogP contribution < -0.4 is 5.32 Å². The molecule has 2 amide bonds. The van der Waals surface area contributed by atoms with Crippen LogP contribution in [0.4, 0.5) is 5.69 Å². The first-order valence-corrected chi connectivity index (χ1v) is 9.68. The summed E-state index contributed by atoms with van der Waals surface area (Å²) in [6.07, 6.45) is 0.517. The van der Waals surface area contributed by atoms with E-state index >= 15 is 0 Å². The Bertz CT molecular complexity index is 1170. The fourth-order valence-corrected chi connectivity index (χ4v) is 3.08. The van der Waals surface area contributed by atoms with Crippen molar-refractivity contribution >= 4 is 29.0 Å². The summed E-state index contributed by atoms with van der Waals surface area (Å²) in [6, 6.07) is 15.9. The summed E-state index contributed by atoms with van der Waals surface area (Å²) in [7, 11) is 0. The summed E-state index contributed by atoms with van der Waals surface area (Å²) >= 11 is 0. The first kappa shape index (κ1) is 20.1. The molecule has 0 saturated heterocycles. The number of hydrogen-bond acceptors (Lipinski definition) is 7. The van der Waals surface area contributed by atoms with Gasteiger partial charge in [0.15, 0.2) is 5.78 Å². The van der Waals surface area contributed by atoms with Crippen LogP contribution in [0.2, 0.25) is 0 Å². The SMILES string of the molecule is CC(=O)c1cccc(NC(=O)CN2N=C(c3nc(-c4ccccc4)no3)CCC2=O)c1. The lowest BCUT2D eigenvalue weighted by Gasteiger charge is -2.21. The molecule has 0 saturated carbocycles. The second kappa shape index (κ2) is 8.70. The van der Waals surface area contributed by atoms with Crippen LogP contribution in [0.5, 0.6) is 0 Å². The maximum atomic E-state index is 12.4. The molecular weight excluding hydrogens is 398 g/mol. The third-order valence-electron chi connectivity index (χ3n) is 4.66. The molecule has 4 rings (SSSR count). The van der Waals surface area contributed by atoms with Crippen LogP contribution in [0, 0.1) is 0 Å². The van der Waals surface area contributed by atoms with E-state index in [1.807, 2.05) is 30.3 Å². The molecule has 9 heteroatoms. The van der Waals surface area contributed by atoms with Gasteiger partial charge < -0.3 is 9.84 Å². The zero-order chi connectivity index (χ0) is 21.8. The average molecular weight is 417 g/mol. The molecule has 0 fully saturated rings. The third kappa shape index (κ3) is 4.72. The van der Waals surface area contributed by atoms with Crippen molar-refractivity contribution in [3.63, 3.8) is 0 Å². The van der Waals surface area contributed by atoms with Crippen molar-refractivity contribution < 1.29 is 18.9 Å². The Balaban J connectivity index is 1.47. The van der Waals surface area contributed by atoms with E-state index in [0.29, 0.717) is 29.2 Å². The highest BCUT2D eigenvalue weighted by atomic mass is 16.5. The Morgan fingerprint density at radius 2 is 1.90 bits per heavy atom. The molecule has 0 atom stereocenters. The van der Waals surface area contributed by atoms with Crippen molar-refractivity contribution in [1.82, 2.24) is 15.1 Å². The normalized spacial score (nSPS) is 13.6. The molecular formula is C22H19N5O4. The van der Waals surface area contributed by atoms with Crippen molar-refractivity contribution in [3.05, 3.63) is 66.1 Å². The first-order valence-electron chi connectivity index (χ1n) is 9.68. The van der Waals surface area contributed by atoms with Gasteiger partial charge in [0.25, 0.3) is 5.89 Å². The van der Waals surface area contributed by atoms with E-state index in [1.165, 1.54) is 6.92 Å². The standard InChI is InChI=1S/C22H19N5O4/c1-14(28)16-8-5-9-17(12-16)23-19(29)13-27-20(30)11-10-18(25-27)22-24-21(26-31-22)15-6-3-2-4-7-15/h2-9,12H,10-11,13H2,1H3,(H,23,29). The number of benzene rings is 2. The van der Waals surface area contributed by atoms with E-state index in [1.54, 1.807) is 24.3 Å². The highest BCUT2D eigenvalue weighted by Gasteiger charge is 2.26. The van der Waals surface area contributed by atoms with Gasteiger partial charge in [0.2, 0.25) is 17.6 Å². The summed E-state index contributed by atoms with van der Waals surface area (Å²) < 4.78 is 5.32. The molecule has 1 aliphatic heterocycles. The van der Waals surface area contributed by atoms with Gasteiger partial charge in [-0.25, -0.2) is 5.01 Å². The number of ketones is 1. The fourth-order valence-electron chi connectivity index (χ4n) is 3.08. The summed E-state index contributed by atoms with van der Waals surface area (Å²) in [4.78, 5) is 40.5. The molecule has 3 aromatic rings. The lowest BCUT2D eigenvalue weighted by atomic mass is 10.1. The highest BCUT2D eigenvalue weighted by molar-refractivity contribution is 6.03. The molecule has 1 aromatic heterocycles. The number of carbonyl (C=O) groups excluding carboxylic acids is 3. The van der Waals surface area contributed by atoms with E-state index in [0.717, 1.165) is 10.6 Å². The van der Waals surface area contributed by atoms with E-state index < -0.39 is 5.91 Å². The Hall–Kier alpha value is -4.14. The Morgan fingerprint density at radius 1 is 1.10 bits per heavy atom. The summed E-state index contributed by atoms with van der Waals surface area (Å²) in [6.45, 7) is 1.18. The molecule has 0 radical (unpaired) electrons. The molecule has 156 valence electrons. The number of aromatic nitrogens is 2. The van der Waals surface area contributed by atoms with E-state index in [9.17, 15) is 14.4 Å². The third-order valence-corrected chi connectivity index (χ3v) is 4.66. The van der Waals surface area contributed by atoms with Crippen LogP contribution >= 0.6 is 0 Å². The summed E-state index contributed by atoms with van der Waals surface area (Å²) in [5, 5.41) is 12.0. The van der Waals surface area contributed by atoms with Gasteiger partial charge in [-0.05, 0) is 19.1 Å². The zero-order valence-corrected chi connectivity index (χ0v) is 16.7. The van der Waals surface area contributed by atoms with E-state index in [2.05, 4.69) is 20.6 Å². The monoisotopic (exact) mass is 417 g/mol. The lowest BCUT2D eigenvalue weighted by molar-refractivity contribution is -0.135. The van der Waals surface area contributed by atoms with Gasteiger partial charge in [0.1, 0.15) is 12.3 Å². The van der Waals surface area contributed by atoms with Gasteiger partial charge in [0.05, 0.1) is 0 Å². The van der Waals surface area contributed by atoms with Crippen molar-refractivity contribution in [3.8, 4) is 11.4 Å². The van der Waals surface area contributed by atoms with Crippen LogP contribution in [0.25, 0.3) is 11.4 Å². The maximum Gasteiger partial charge on any atom is 0.274 e. The lowest BCUT2D eigenvalue weighted by Crippen LogP contribution is -2.38. The van der Waals surface area contributed by atoms with E-state index in [-0.39, 0.29) is 30.5 Å². The molecule has 2 heterocycles. The van der Waals surface area contributed by atoms with Crippen molar-refractivity contribution in [2.24, 2.45) is 5.10 Å². The molecule has 1 aliphatic rings. The van der Waals surface area contributed by atoms with Crippen LogP contribution in [0.1, 0.15) is 36.0 Å². The summed E-state index contributed by atoms with van der Waals surface area (Å²) in [5.74, 6) is -0.185. The number of anilines is 1. The largest absolute Gasteiger partial charge is 0.332 e. The predicted molar refractivity (Wildman–Crippen MR) is 112 cm³/mol. The minimum absolute atomic E-state index is 0.106. The van der Waals surface area contributed by atoms with Crippen molar-refractivity contribution in [1.29, 1.82) is 0 Å². The summed E-state index contributed by atoms with van der Waals surface area (Å²) in [5.41, 5.74) is 2.20. The Morgan fingerprint density at radius 3 is 2.68 bits per heavy atom. The molecule has 0 aliphatic carbocycles. The second-order valence-corrected chi connectivity index (χ2v) is 6.97. The Kier molecular flexibility index (Phi) is 5.65. The minimum atomic E-state index is -0.436. The van der Waals surface area contributed by atoms with Crippen molar-refractivity contribution in [2.45, 2.75) is 19.8 Å². The first-order chi connectivity index (χ1) is 15.0. The van der Waals surface area contributed by atoms with Crippen molar-refractivity contribution in [2.75, 3.05) is 11.9 Å². The number of nitrogens with zero attached hydrogens (tertiary/aromatic N) is 4. The molecule has 1 N–H and O–H groups in total. The molecule has 0 unspecified atom stereocenters. The average Bonchev–Trinajstić information content (AvgIpc) is 3.26. The number of amides is 2. The van der Waals surface area contributed by atoms with E-state index in [4.69, 9.17) is 4.52 Å². The molecule has 9 nitrogen and oxygen atoms in total. The zero-order valence-electron chi connectivity index (χ0n) is 16.7. The number of rotatable bonds is 6. The predicted octanol–water partition coefficient (Wildman–Crippen LogP) is 2.90. The number of Topliss-reactive ketones (excluding diaryl/α,β-unsaturated/α-hetero) is 1. The van der Waals surface area contributed by atoms with Crippen LogP contribution in [-0.4, -0.2) is 45.0 Å². The fraction of sp³-hybridized carbons (Fsp3) is 0.182. The quantitative estimate of drug-likeness (QED) is 0.616. The van der Waals surface area contributed by atoms with Gasteiger partial charge in [-0.15, -0.1) is 0 Å². The molecule has 2 aromatic carbocycles. The number of nitrogens with one attached hydrogen (secondary N) is 1. The molecule has 31 heavy (non-hydrogen) atoms. The second-order valence-electron chi connectivity index (χ2n) is 6.97. The van der Waals surface area contributed by atoms with Gasteiger partial charge in [-0.3, -0.25) is 14.4 Å². The molecule has 0 bridgehead atoms. The number of carbonyl (C=O) groups is 3. The smallest absolute Gasteiger partial charge is 0.274 e. The topological polar surface area (TPSA) is 118 Å². The van der Waals surface area contributed by atoms with Crippen LogP contribution in [-0.2, 0) is 9.59 Å². The minimum Gasteiger partial charge on any atom is -0.332 e.